The molecule has 1 aromatic carbocycles. The van der Waals surface area contributed by atoms with Crippen LogP contribution < -0.4 is 10.6 Å². The lowest BCUT2D eigenvalue weighted by Gasteiger charge is -2.25. The maximum Gasteiger partial charge on any atom is 0.291 e. The zero-order chi connectivity index (χ0) is 17.9. The molecule has 1 spiro atoms. The third-order valence-electron chi connectivity index (χ3n) is 5.60. The summed E-state index contributed by atoms with van der Waals surface area (Å²) in [6, 6.07) is 3.77. The Morgan fingerprint density at radius 1 is 1.32 bits per heavy atom. The molecule has 7 nitrogen and oxygen atoms in total. The van der Waals surface area contributed by atoms with Gasteiger partial charge in [-0.3, -0.25) is 19.3 Å². The lowest BCUT2D eigenvalue weighted by molar-refractivity contribution is -0.730. The number of ether oxygens (including phenoxy) is 1. The van der Waals surface area contributed by atoms with E-state index in [2.05, 4.69) is 5.32 Å². The minimum atomic E-state index is -1.30. The number of quaternary nitrogens is 1. The largest absolute Gasteiger partial charge is 0.383 e. The molecule has 8 heteroatoms. The van der Waals surface area contributed by atoms with Crippen molar-refractivity contribution < 1.29 is 28.8 Å². The van der Waals surface area contributed by atoms with Crippen LogP contribution in [0.15, 0.2) is 18.2 Å². The normalized spacial score (nSPS) is 33.2. The van der Waals surface area contributed by atoms with E-state index < -0.39 is 23.2 Å². The van der Waals surface area contributed by atoms with Crippen LogP contribution >= 0.6 is 0 Å². The Balaban J connectivity index is 1.83. The van der Waals surface area contributed by atoms with E-state index in [1.54, 1.807) is 5.32 Å². The van der Waals surface area contributed by atoms with Crippen molar-refractivity contribution in [1.82, 2.24) is 4.90 Å². The van der Waals surface area contributed by atoms with Crippen molar-refractivity contribution in [1.29, 1.82) is 0 Å². The molecule has 2 fully saturated rings. The molecule has 2 saturated heterocycles. The van der Waals surface area contributed by atoms with Gasteiger partial charge in [0.15, 0.2) is 0 Å². The average molecular weight is 348 g/mol. The molecule has 0 aliphatic carbocycles. The monoisotopic (exact) mass is 348 g/mol. The van der Waals surface area contributed by atoms with Gasteiger partial charge in [-0.15, -0.1) is 0 Å². The number of nitrogens with two attached hydrogens (primary N) is 1. The van der Waals surface area contributed by atoms with E-state index in [1.165, 1.54) is 30.2 Å². The topological polar surface area (TPSA) is 92.3 Å². The van der Waals surface area contributed by atoms with Gasteiger partial charge < -0.3 is 15.4 Å². The summed E-state index contributed by atoms with van der Waals surface area (Å²) < 4.78 is 18.8. The highest BCUT2D eigenvalue weighted by atomic mass is 19.1. The molecule has 0 saturated carbocycles. The minimum Gasteiger partial charge on any atom is -0.383 e. The van der Waals surface area contributed by atoms with Crippen LogP contribution in [0.25, 0.3) is 0 Å². The van der Waals surface area contributed by atoms with Gasteiger partial charge in [0, 0.05) is 12.7 Å². The fraction of sp³-hybridized carbons (Fsp3) is 0.471. The number of halogens is 1. The predicted octanol–water partition coefficient (Wildman–Crippen LogP) is -0.814. The van der Waals surface area contributed by atoms with E-state index >= 15 is 0 Å². The first kappa shape index (κ1) is 16.2. The van der Waals surface area contributed by atoms with Crippen molar-refractivity contribution in [2.75, 3.05) is 25.6 Å². The summed E-state index contributed by atoms with van der Waals surface area (Å²) in [5.74, 6) is -2.97. The molecule has 4 atom stereocenters. The van der Waals surface area contributed by atoms with Gasteiger partial charge in [-0.2, -0.15) is 0 Å². The molecule has 1 aromatic rings. The first-order valence-corrected chi connectivity index (χ1v) is 8.23. The fourth-order valence-electron chi connectivity index (χ4n) is 4.57. The number of hydrogen-bond acceptors (Lipinski definition) is 4. The van der Waals surface area contributed by atoms with Crippen LogP contribution in [0.4, 0.5) is 10.1 Å². The number of nitrogens with one attached hydrogen (secondary N) is 1. The highest BCUT2D eigenvalue weighted by Crippen LogP contribution is 2.48. The van der Waals surface area contributed by atoms with Crippen molar-refractivity contribution in [2.24, 2.45) is 11.8 Å². The Morgan fingerprint density at radius 3 is 2.80 bits per heavy atom. The van der Waals surface area contributed by atoms with Crippen molar-refractivity contribution in [3.63, 3.8) is 0 Å². The van der Waals surface area contributed by atoms with Crippen LogP contribution in [0.3, 0.4) is 0 Å². The van der Waals surface area contributed by atoms with E-state index in [-0.39, 0.29) is 36.9 Å². The van der Waals surface area contributed by atoms with Crippen LogP contribution in [0.2, 0.25) is 0 Å². The van der Waals surface area contributed by atoms with E-state index in [9.17, 15) is 18.8 Å². The van der Waals surface area contributed by atoms with E-state index in [4.69, 9.17) is 4.74 Å². The molecule has 0 unspecified atom stereocenters. The minimum absolute atomic E-state index is 0.154. The number of imide groups is 1. The van der Waals surface area contributed by atoms with Crippen molar-refractivity contribution in [3.05, 3.63) is 29.6 Å². The van der Waals surface area contributed by atoms with Gasteiger partial charge in [-0.25, -0.2) is 4.39 Å². The van der Waals surface area contributed by atoms with Crippen LogP contribution in [0.5, 0.6) is 0 Å². The molecular formula is C17H19FN3O4+. The van der Waals surface area contributed by atoms with Crippen LogP contribution in [-0.4, -0.2) is 48.9 Å². The number of methoxy groups -OCH3 is 1. The number of nitrogens with zero attached hydrogens (tertiary/aromatic N) is 1. The van der Waals surface area contributed by atoms with E-state index in [0.717, 1.165) is 0 Å². The highest BCUT2D eigenvalue weighted by Gasteiger charge is 2.73. The molecule has 4 rings (SSSR count). The lowest BCUT2D eigenvalue weighted by atomic mass is 9.76. The maximum atomic E-state index is 13.9. The number of rotatable bonds is 3. The predicted molar refractivity (Wildman–Crippen MR) is 83.7 cm³/mol. The number of carbonyl (C=O) groups excluding carboxylic acids is 3. The number of fused-ring (bicyclic) bond motifs is 4. The van der Waals surface area contributed by atoms with E-state index in [1.807, 2.05) is 6.92 Å². The Hall–Kier alpha value is -2.32. The van der Waals surface area contributed by atoms with Gasteiger partial charge in [0.1, 0.15) is 17.7 Å². The Bertz CT molecular complexity index is 798. The second kappa shape index (κ2) is 5.34. The number of benzene rings is 1. The first-order chi connectivity index (χ1) is 11.9. The third kappa shape index (κ3) is 1.95. The second-order valence-electron chi connectivity index (χ2n) is 6.86. The number of carbonyl (C=O) groups is 3. The van der Waals surface area contributed by atoms with Gasteiger partial charge in [0.2, 0.25) is 17.4 Å². The SMILES string of the molecule is COCCN1C(=O)[C@H]2[C@@H](C1=O)[C@]1([NH2+][C@@H]2C)C(=O)Nc2ccc(F)cc21. The van der Waals surface area contributed by atoms with Crippen LogP contribution in [-0.2, 0) is 24.7 Å². The van der Waals surface area contributed by atoms with Gasteiger partial charge in [0.25, 0.3) is 5.91 Å². The smallest absolute Gasteiger partial charge is 0.291 e. The van der Waals surface area contributed by atoms with Crippen LogP contribution in [0.1, 0.15) is 12.5 Å². The first-order valence-electron chi connectivity index (χ1n) is 8.23. The van der Waals surface area contributed by atoms with Crippen molar-refractivity contribution in [3.8, 4) is 0 Å². The van der Waals surface area contributed by atoms with E-state index in [0.29, 0.717) is 11.3 Å². The zero-order valence-electron chi connectivity index (χ0n) is 13.9. The fourth-order valence-corrected chi connectivity index (χ4v) is 4.57. The quantitative estimate of drug-likeness (QED) is 0.699. The molecular weight excluding hydrogens is 329 g/mol. The molecule has 0 aromatic heterocycles. The van der Waals surface area contributed by atoms with Crippen molar-refractivity contribution in [2.45, 2.75) is 18.5 Å². The van der Waals surface area contributed by atoms with Gasteiger partial charge in [-0.1, -0.05) is 0 Å². The second-order valence-corrected chi connectivity index (χ2v) is 6.86. The Labute approximate surface area is 143 Å². The maximum absolute atomic E-state index is 13.9. The summed E-state index contributed by atoms with van der Waals surface area (Å²) in [5, 5.41) is 4.48. The number of hydrogen-bond donors (Lipinski definition) is 2. The number of amides is 3. The molecule has 25 heavy (non-hydrogen) atoms. The summed E-state index contributed by atoms with van der Waals surface area (Å²) in [5.41, 5.74) is -0.367. The number of likely N-dealkylation sites (tertiary alicyclic amines) is 1. The molecule has 0 bridgehead atoms. The summed E-state index contributed by atoms with van der Waals surface area (Å²) in [7, 11) is 1.49. The van der Waals surface area contributed by atoms with Crippen molar-refractivity contribution >= 4 is 23.4 Å². The zero-order valence-corrected chi connectivity index (χ0v) is 13.9. The summed E-state index contributed by atoms with van der Waals surface area (Å²) >= 11 is 0. The Kier molecular flexibility index (Phi) is 3.45. The third-order valence-corrected chi connectivity index (χ3v) is 5.60. The molecule has 3 aliphatic rings. The average Bonchev–Trinajstić information content (AvgIpc) is 3.12. The molecule has 132 valence electrons. The standard InChI is InChI=1S/C17H18FN3O4/c1-8-12-13(15(23)21(14(12)22)5-6-25-2)17(20-8)10-7-9(18)3-4-11(10)19-16(17)24/h3-4,7-8,12-13,20H,5-6H2,1-2H3,(H,19,24)/p+1/t8-,12-,13+,17+/m1/s1. The summed E-state index contributed by atoms with van der Waals surface area (Å²) in [4.78, 5) is 39.8. The van der Waals surface area contributed by atoms with Gasteiger partial charge in [-0.05, 0) is 25.1 Å². The molecule has 3 amide bonds. The molecule has 3 N–H and O–H groups in total. The molecule has 0 radical (unpaired) electrons. The summed E-state index contributed by atoms with van der Waals surface area (Å²) in [6.07, 6.45) is 0. The molecule has 3 aliphatic heterocycles. The summed E-state index contributed by atoms with van der Waals surface area (Å²) in [6.45, 7) is 2.21. The Morgan fingerprint density at radius 2 is 2.08 bits per heavy atom. The van der Waals surface area contributed by atoms with Crippen LogP contribution in [0, 0.1) is 17.7 Å². The number of anilines is 1. The van der Waals surface area contributed by atoms with Gasteiger partial charge in [0.05, 0.1) is 24.9 Å². The molecule has 3 heterocycles. The van der Waals surface area contributed by atoms with Gasteiger partial charge >= 0.3 is 0 Å². The highest BCUT2D eigenvalue weighted by molar-refractivity contribution is 6.13. The lowest BCUT2D eigenvalue weighted by Crippen LogP contribution is -2.98.